The van der Waals surface area contributed by atoms with Crippen molar-refractivity contribution in [3.8, 4) is 11.5 Å². The van der Waals surface area contributed by atoms with E-state index in [4.69, 9.17) is 9.47 Å². The van der Waals surface area contributed by atoms with Crippen LogP contribution in [0.1, 0.15) is 29.7 Å². The number of hydrazone groups is 1. The molecule has 1 atom stereocenters. The number of carbonyl (C=O) groups is 1. The fourth-order valence-electron chi connectivity index (χ4n) is 2.81. The predicted octanol–water partition coefficient (Wildman–Crippen LogP) is 4.61. The maximum absolute atomic E-state index is 12.1. The summed E-state index contributed by atoms with van der Waals surface area (Å²) < 4.78 is 12.4. The van der Waals surface area contributed by atoms with Gasteiger partial charge in [0.25, 0.3) is 5.91 Å². The lowest BCUT2D eigenvalue weighted by Gasteiger charge is -2.14. The van der Waals surface area contributed by atoms with E-state index in [2.05, 4.69) is 26.5 Å². The first kappa shape index (κ1) is 22.5. The van der Waals surface area contributed by atoms with Crippen LogP contribution < -0.4 is 14.9 Å². The Balaban J connectivity index is 1.69. The van der Waals surface area contributed by atoms with Gasteiger partial charge in [-0.15, -0.1) is 0 Å². The van der Waals surface area contributed by atoms with Crippen molar-refractivity contribution in [3.63, 3.8) is 0 Å². The predicted molar refractivity (Wildman–Crippen MR) is 123 cm³/mol. The van der Waals surface area contributed by atoms with E-state index in [1.165, 1.54) is 6.21 Å². The van der Waals surface area contributed by atoms with Gasteiger partial charge in [0, 0.05) is 0 Å². The second-order valence-electron chi connectivity index (χ2n) is 6.58. The molecule has 0 saturated carbocycles. The van der Waals surface area contributed by atoms with Gasteiger partial charge in [0.05, 0.1) is 17.3 Å². The largest absolute Gasteiger partial charge is 0.490 e. The first-order valence-corrected chi connectivity index (χ1v) is 10.6. The maximum Gasteiger partial charge on any atom is 0.273 e. The SMILES string of the molecule is CCOc1cc(/C=N\NC(=O)[C@@H](O)c2ccccc2)cc(Br)c1OCc1ccccc1. The molecule has 160 valence electrons. The molecule has 3 rings (SSSR count). The van der Waals surface area contributed by atoms with Crippen molar-refractivity contribution in [1.29, 1.82) is 0 Å². The molecule has 0 unspecified atom stereocenters. The van der Waals surface area contributed by atoms with Crippen LogP contribution in [0.15, 0.2) is 82.4 Å². The number of aliphatic hydroxyl groups is 1. The highest BCUT2D eigenvalue weighted by Crippen LogP contribution is 2.37. The first-order valence-electron chi connectivity index (χ1n) is 9.77. The summed E-state index contributed by atoms with van der Waals surface area (Å²) in [6.45, 7) is 2.76. The number of hydrogen-bond acceptors (Lipinski definition) is 5. The Morgan fingerprint density at radius 3 is 2.45 bits per heavy atom. The molecule has 31 heavy (non-hydrogen) atoms. The molecule has 0 spiro atoms. The van der Waals surface area contributed by atoms with Crippen LogP contribution in [0, 0.1) is 0 Å². The van der Waals surface area contributed by atoms with Gasteiger partial charge in [-0.05, 0) is 51.7 Å². The average molecular weight is 483 g/mol. The molecule has 3 aromatic carbocycles. The molecule has 0 fully saturated rings. The van der Waals surface area contributed by atoms with Crippen LogP contribution in [-0.2, 0) is 11.4 Å². The lowest BCUT2D eigenvalue weighted by molar-refractivity contribution is -0.129. The van der Waals surface area contributed by atoms with Crippen LogP contribution in [0.3, 0.4) is 0 Å². The van der Waals surface area contributed by atoms with Crippen molar-refractivity contribution in [2.45, 2.75) is 19.6 Å². The molecule has 0 aromatic heterocycles. The molecule has 3 aromatic rings. The van der Waals surface area contributed by atoms with Gasteiger partial charge in [-0.25, -0.2) is 5.43 Å². The van der Waals surface area contributed by atoms with Crippen molar-refractivity contribution in [2.24, 2.45) is 5.10 Å². The molecule has 2 N–H and O–H groups in total. The summed E-state index contributed by atoms with van der Waals surface area (Å²) in [6.07, 6.45) is 0.182. The Morgan fingerprint density at radius 1 is 1.10 bits per heavy atom. The normalized spacial score (nSPS) is 11.8. The number of rotatable bonds is 9. The highest BCUT2D eigenvalue weighted by Gasteiger charge is 2.16. The fourth-order valence-corrected chi connectivity index (χ4v) is 3.39. The van der Waals surface area contributed by atoms with Gasteiger partial charge in [-0.1, -0.05) is 60.7 Å². The number of hydrogen-bond donors (Lipinski definition) is 2. The molecule has 0 aliphatic heterocycles. The summed E-state index contributed by atoms with van der Waals surface area (Å²) in [5, 5.41) is 14.1. The highest BCUT2D eigenvalue weighted by molar-refractivity contribution is 9.10. The fraction of sp³-hybridized carbons (Fsp3) is 0.167. The molecule has 7 heteroatoms. The quantitative estimate of drug-likeness (QED) is 0.344. The van der Waals surface area contributed by atoms with Crippen molar-refractivity contribution < 1.29 is 19.4 Å². The summed E-state index contributed by atoms with van der Waals surface area (Å²) in [5.74, 6) is 0.533. The van der Waals surface area contributed by atoms with Gasteiger partial charge >= 0.3 is 0 Å². The number of nitrogens with one attached hydrogen (secondary N) is 1. The molecular weight excluding hydrogens is 460 g/mol. The molecule has 6 nitrogen and oxygen atoms in total. The van der Waals surface area contributed by atoms with Crippen LogP contribution in [0.5, 0.6) is 11.5 Å². The van der Waals surface area contributed by atoms with E-state index in [-0.39, 0.29) is 0 Å². The van der Waals surface area contributed by atoms with E-state index in [1.807, 2.05) is 49.4 Å². The van der Waals surface area contributed by atoms with Crippen LogP contribution >= 0.6 is 15.9 Å². The summed E-state index contributed by atoms with van der Waals surface area (Å²) in [6, 6.07) is 22.1. The number of carbonyl (C=O) groups excluding carboxylic acids is 1. The summed E-state index contributed by atoms with van der Waals surface area (Å²) in [7, 11) is 0. The van der Waals surface area contributed by atoms with E-state index in [0.717, 1.165) is 5.56 Å². The molecule has 1 amide bonds. The van der Waals surface area contributed by atoms with Gasteiger partial charge in [-0.3, -0.25) is 4.79 Å². The molecule has 0 saturated heterocycles. The van der Waals surface area contributed by atoms with E-state index in [1.54, 1.807) is 30.3 Å². The molecule has 0 heterocycles. The maximum atomic E-state index is 12.1. The van der Waals surface area contributed by atoms with Gasteiger partial charge in [0.2, 0.25) is 0 Å². The van der Waals surface area contributed by atoms with Crippen molar-refractivity contribution >= 4 is 28.1 Å². The summed E-state index contributed by atoms with van der Waals surface area (Å²) in [5.41, 5.74) is 4.59. The zero-order valence-corrected chi connectivity index (χ0v) is 18.6. The Labute approximate surface area is 189 Å². The monoisotopic (exact) mass is 482 g/mol. The average Bonchev–Trinajstić information content (AvgIpc) is 2.79. The number of benzene rings is 3. The van der Waals surface area contributed by atoms with E-state index in [9.17, 15) is 9.90 Å². The minimum absolute atomic E-state index is 0.403. The number of ether oxygens (including phenoxy) is 2. The second-order valence-corrected chi connectivity index (χ2v) is 7.44. The van der Waals surface area contributed by atoms with Crippen LogP contribution in [0.2, 0.25) is 0 Å². The minimum atomic E-state index is -1.29. The van der Waals surface area contributed by atoms with Crippen molar-refractivity contribution in [1.82, 2.24) is 5.43 Å². The third kappa shape index (κ3) is 6.41. The number of aliphatic hydroxyl groups excluding tert-OH is 1. The Kier molecular flexibility index (Phi) is 8.20. The molecule has 0 aliphatic rings. The topological polar surface area (TPSA) is 80.2 Å². The Bertz CT molecular complexity index is 1030. The first-order chi connectivity index (χ1) is 15.1. The lowest BCUT2D eigenvalue weighted by Crippen LogP contribution is -2.25. The Morgan fingerprint density at radius 2 is 1.77 bits per heavy atom. The highest BCUT2D eigenvalue weighted by atomic mass is 79.9. The van der Waals surface area contributed by atoms with Crippen LogP contribution in [-0.4, -0.2) is 23.8 Å². The zero-order valence-electron chi connectivity index (χ0n) is 17.0. The summed E-state index contributed by atoms with van der Waals surface area (Å²) >= 11 is 3.52. The van der Waals surface area contributed by atoms with E-state index in [0.29, 0.717) is 40.3 Å². The van der Waals surface area contributed by atoms with Gasteiger partial charge in [0.15, 0.2) is 17.6 Å². The molecule has 0 bridgehead atoms. The van der Waals surface area contributed by atoms with Gasteiger partial charge < -0.3 is 14.6 Å². The summed E-state index contributed by atoms with van der Waals surface area (Å²) in [4.78, 5) is 12.1. The Hall–Kier alpha value is -3.16. The number of nitrogens with zero attached hydrogens (tertiary/aromatic N) is 1. The third-order valence-corrected chi connectivity index (χ3v) is 4.90. The van der Waals surface area contributed by atoms with Crippen molar-refractivity contribution in [2.75, 3.05) is 6.61 Å². The molecular formula is C24H23BrN2O4. The van der Waals surface area contributed by atoms with Gasteiger partial charge in [0.1, 0.15) is 6.61 Å². The second kappa shape index (κ2) is 11.3. The van der Waals surface area contributed by atoms with Crippen LogP contribution in [0.25, 0.3) is 0 Å². The number of halogens is 1. The molecule has 0 radical (unpaired) electrons. The molecule has 0 aliphatic carbocycles. The number of amides is 1. The smallest absolute Gasteiger partial charge is 0.273 e. The van der Waals surface area contributed by atoms with Gasteiger partial charge in [-0.2, -0.15) is 5.10 Å². The third-order valence-electron chi connectivity index (χ3n) is 4.31. The van der Waals surface area contributed by atoms with E-state index >= 15 is 0 Å². The minimum Gasteiger partial charge on any atom is -0.490 e. The van der Waals surface area contributed by atoms with Crippen molar-refractivity contribution in [3.05, 3.63) is 94.0 Å². The van der Waals surface area contributed by atoms with Crippen LogP contribution in [0.4, 0.5) is 0 Å². The van der Waals surface area contributed by atoms with E-state index < -0.39 is 12.0 Å². The standard InChI is InChI=1S/C24H23BrN2O4/c1-2-30-21-14-18(13-20(25)23(21)31-16-17-9-5-3-6-10-17)15-26-27-24(29)22(28)19-11-7-4-8-12-19/h3-15,22,28H,2,16H2,1H3,(H,27,29)/b26-15-/t22-/m0/s1. The zero-order chi connectivity index (χ0) is 22.1. The lowest BCUT2D eigenvalue weighted by atomic mass is 10.1.